The number of benzene rings is 2. The van der Waals surface area contributed by atoms with E-state index in [-0.39, 0.29) is 17.7 Å². The number of hydrazone groups is 1. The minimum absolute atomic E-state index is 0.0683. The summed E-state index contributed by atoms with van der Waals surface area (Å²) < 4.78 is 5.29. The van der Waals surface area contributed by atoms with Crippen LogP contribution in [0.5, 0.6) is 5.75 Å². The number of aromatic nitrogens is 2. The van der Waals surface area contributed by atoms with Gasteiger partial charge in [-0.25, -0.2) is 15.0 Å². The number of hydrogen-bond acceptors (Lipinski definition) is 6. The maximum Gasteiger partial charge on any atom is 0.253 e. The first kappa shape index (κ1) is 22.0. The molecule has 32 heavy (non-hydrogen) atoms. The summed E-state index contributed by atoms with van der Waals surface area (Å²) in [5.41, 5.74) is 5.92. The highest BCUT2D eigenvalue weighted by atomic mass is 32.2. The molecule has 0 bridgehead atoms. The second-order valence-electron chi connectivity index (χ2n) is 7.73. The van der Waals surface area contributed by atoms with Crippen LogP contribution in [0.2, 0.25) is 0 Å². The molecule has 1 atom stereocenters. The molecule has 6 nitrogen and oxygen atoms in total. The molecule has 3 aromatic rings. The average molecular weight is 447 g/mol. The Hall–Kier alpha value is -3.19. The molecule has 1 aromatic heterocycles. The van der Waals surface area contributed by atoms with Crippen molar-refractivity contribution in [1.29, 1.82) is 0 Å². The number of aryl methyl sites for hydroxylation is 2. The van der Waals surface area contributed by atoms with Crippen molar-refractivity contribution < 1.29 is 9.53 Å². The van der Waals surface area contributed by atoms with Gasteiger partial charge in [-0.05, 0) is 49.6 Å². The SMILES string of the molecule is COc1ccc(C2CC(c3ccccc3)=NN2C(=O)CSc2nc(C)c(C)c(C)n2)cc1. The van der Waals surface area contributed by atoms with Gasteiger partial charge in [-0.15, -0.1) is 0 Å². The van der Waals surface area contributed by atoms with E-state index in [0.717, 1.165) is 39.5 Å². The lowest BCUT2D eigenvalue weighted by atomic mass is 9.98. The van der Waals surface area contributed by atoms with Gasteiger partial charge in [-0.1, -0.05) is 54.2 Å². The van der Waals surface area contributed by atoms with Crippen molar-refractivity contribution in [3.63, 3.8) is 0 Å². The maximum absolute atomic E-state index is 13.3. The molecule has 1 aliphatic rings. The van der Waals surface area contributed by atoms with Gasteiger partial charge in [0.2, 0.25) is 0 Å². The molecule has 0 fully saturated rings. The van der Waals surface area contributed by atoms with Crippen LogP contribution in [0.4, 0.5) is 0 Å². The molecule has 0 radical (unpaired) electrons. The molecule has 4 rings (SSSR count). The van der Waals surface area contributed by atoms with Crippen LogP contribution in [0.1, 0.15) is 40.5 Å². The molecule has 164 valence electrons. The van der Waals surface area contributed by atoms with Crippen molar-refractivity contribution in [3.8, 4) is 5.75 Å². The third-order valence-corrected chi connectivity index (χ3v) is 6.54. The van der Waals surface area contributed by atoms with Crippen molar-refractivity contribution in [3.05, 3.63) is 82.7 Å². The second-order valence-corrected chi connectivity index (χ2v) is 8.68. The zero-order valence-electron chi connectivity index (χ0n) is 18.7. The van der Waals surface area contributed by atoms with E-state index >= 15 is 0 Å². The molecular weight excluding hydrogens is 420 g/mol. The predicted molar refractivity (Wildman–Crippen MR) is 127 cm³/mol. The Bertz CT molecular complexity index is 1120. The molecule has 2 aromatic carbocycles. The van der Waals surface area contributed by atoms with Gasteiger partial charge >= 0.3 is 0 Å². The third-order valence-electron chi connectivity index (χ3n) is 5.71. The Balaban J connectivity index is 1.57. The number of amides is 1. The van der Waals surface area contributed by atoms with Crippen LogP contribution in [0.3, 0.4) is 0 Å². The van der Waals surface area contributed by atoms with Gasteiger partial charge in [0.1, 0.15) is 5.75 Å². The molecule has 7 heteroatoms. The fraction of sp³-hybridized carbons (Fsp3) is 0.280. The highest BCUT2D eigenvalue weighted by molar-refractivity contribution is 7.99. The van der Waals surface area contributed by atoms with Gasteiger partial charge in [-0.2, -0.15) is 5.10 Å². The van der Waals surface area contributed by atoms with Crippen molar-refractivity contribution in [2.45, 2.75) is 38.4 Å². The summed E-state index contributed by atoms with van der Waals surface area (Å²) in [5.74, 6) is 0.938. The number of rotatable bonds is 6. The number of methoxy groups -OCH3 is 1. The normalized spacial score (nSPS) is 15.6. The third kappa shape index (κ3) is 4.67. The minimum atomic E-state index is -0.161. The first-order valence-electron chi connectivity index (χ1n) is 10.5. The van der Waals surface area contributed by atoms with E-state index in [4.69, 9.17) is 9.84 Å². The molecule has 1 unspecified atom stereocenters. The Morgan fingerprint density at radius 1 is 1.03 bits per heavy atom. The van der Waals surface area contributed by atoms with Crippen molar-refractivity contribution in [1.82, 2.24) is 15.0 Å². The smallest absolute Gasteiger partial charge is 0.253 e. The van der Waals surface area contributed by atoms with Gasteiger partial charge in [0.05, 0.1) is 24.6 Å². The largest absolute Gasteiger partial charge is 0.497 e. The first-order chi connectivity index (χ1) is 15.5. The Morgan fingerprint density at radius 2 is 1.69 bits per heavy atom. The molecule has 0 aliphatic carbocycles. The predicted octanol–water partition coefficient (Wildman–Crippen LogP) is 4.88. The molecule has 1 aliphatic heterocycles. The van der Waals surface area contributed by atoms with Gasteiger partial charge < -0.3 is 4.74 Å². The summed E-state index contributed by atoms with van der Waals surface area (Å²) in [7, 11) is 1.64. The standard InChI is InChI=1S/C25H26N4O2S/c1-16-17(2)26-25(27-18(16)3)32-15-24(30)29-23(20-10-12-21(31-4)13-11-20)14-22(28-29)19-8-6-5-7-9-19/h5-13,23H,14-15H2,1-4H3. The molecule has 0 spiro atoms. The number of nitrogens with zero attached hydrogens (tertiary/aromatic N) is 4. The number of ether oxygens (including phenoxy) is 1. The Morgan fingerprint density at radius 3 is 2.31 bits per heavy atom. The topological polar surface area (TPSA) is 67.7 Å². The maximum atomic E-state index is 13.3. The van der Waals surface area contributed by atoms with Crippen LogP contribution in [-0.4, -0.2) is 39.5 Å². The van der Waals surface area contributed by atoms with E-state index < -0.39 is 0 Å². The molecule has 0 N–H and O–H groups in total. The minimum Gasteiger partial charge on any atom is -0.497 e. The Labute approximate surface area is 192 Å². The quantitative estimate of drug-likeness (QED) is 0.399. The van der Waals surface area contributed by atoms with E-state index in [2.05, 4.69) is 9.97 Å². The van der Waals surface area contributed by atoms with Gasteiger partial charge in [0.15, 0.2) is 5.16 Å². The monoisotopic (exact) mass is 446 g/mol. The molecule has 1 amide bonds. The zero-order chi connectivity index (χ0) is 22.7. The molecule has 2 heterocycles. The number of carbonyl (C=O) groups is 1. The molecule has 0 saturated heterocycles. The first-order valence-corrected chi connectivity index (χ1v) is 11.5. The van der Waals surface area contributed by atoms with E-state index in [1.54, 1.807) is 12.1 Å². The van der Waals surface area contributed by atoms with E-state index in [1.165, 1.54) is 11.8 Å². The van der Waals surface area contributed by atoms with E-state index in [9.17, 15) is 4.79 Å². The van der Waals surface area contributed by atoms with Crippen LogP contribution >= 0.6 is 11.8 Å². The highest BCUT2D eigenvalue weighted by Crippen LogP contribution is 2.34. The zero-order valence-corrected chi connectivity index (χ0v) is 19.5. The average Bonchev–Trinajstić information content (AvgIpc) is 3.27. The van der Waals surface area contributed by atoms with Crippen LogP contribution in [-0.2, 0) is 4.79 Å². The fourth-order valence-corrected chi connectivity index (χ4v) is 4.42. The van der Waals surface area contributed by atoms with Crippen molar-refractivity contribution in [2.75, 3.05) is 12.9 Å². The lowest BCUT2D eigenvalue weighted by Crippen LogP contribution is -2.28. The molecular formula is C25H26N4O2S. The molecule has 0 saturated carbocycles. The number of thioether (sulfide) groups is 1. The van der Waals surface area contributed by atoms with Crippen molar-refractivity contribution >= 4 is 23.4 Å². The summed E-state index contributed by atoms with van der Waals surface area (Å²) in [6.45, 7) is 5.94. The van der Waals surface area contributed by atoms with Gasteiger partial charge in [0, 0.05) is 17.8 Å². The van der Waals surface area contributed by atoms with Gasteiger partial charge in [-0.3, -0.25) is 4.79 Å². The summed E-state index contributed by atoms with van der Waals surface area (Å²) in [4.78, 5) is 22.3. The summed E-state index contributed by atoms with van der Waals surface area (Å²) in [6.07, 6.45) is 0.659. The van der Waals surface area contributed by atoms with Gasteiger partial charge in [0.25, 0.3) is 5.91 Å². The number of carbonyl (C=O) groups excluding carboxylic acids is 1. The highest BCUT2D eigenvalue weighted by Gasteiger charge is 2.33. The lowest BCUT2D eigenvalue weighted by molar-refractivity contribution is -0.130. The van der Waals surface area contributed by atoms with E-state index in [1.807, 2.05) is 75.4 Å². The van der Waals surface area contributed by atoms with E-state index in [0.29, 0.717) is 11.6 Å². The van der Waals surface area contributed by atoms with Crippen LogP contribution in [0.25, 0.3) is 0 Å². The summed E-state index contributed by atoms with van der Waals surface area (Å²) >= 11 is 1.35. The second kappa shape index (κ2) is 9.53. The van der Waals surface area contributed by atoms with Crippen LogP contribution in [0, 0.1) is 20.8 Å². The fourth-order valence-electron chi connectivity index (χ4n) is 3.63. The van der Waals surface area contributed by atoms with Crippen molar-refractivity contribution in [2.24, 2.45) is 5.10 Å². The summed E-state index contributed by atoms with van der Waals surface area (Å²) in [6, 6.07) is 17.7. The lowest BCUT2D eigenvalue weighted by Gasteiger charge is -2.22. The number of hydrogen-bond donors (Lipinski definition) is 0. The Kier molecular flexibility index (Phi) is 6.55. The van der Waals surface area contributed by atoms with Crippen LogP contribution in [0.15, 0.2) is 64.9 Å². The van der Waals surface area contributed by atoms with Crippen LogP contribution < -0.4 is 4.74 Å². The summed E-state index contributed by atoms with van der Waals surface area (Å²) in [5, 5.41) is 6.97.